The standard InChI is InChI=1S/C8H10BrNO2S.ClH/c1-10(2)7(8(11)12)6-3-5(9)4-13-6;/h3-4,7H,1-2H3,(H,11,12);1H. The maximum Gasteiger partial charge on any atom is 0.326 e. The van der Waals surface area contributed by atoms with Crippen LogP contribution in [0.4, 0.5) is 0 Å². The number of likely N-dealkylation sites (N-methyl/N-ethyl adjacent to an activating group) is 1. The van der Waals surface area contributed by atoms with Crippen molar-refractivity contribution in [1.29, 1.82) is 0 Å². The van der Waals surface area contributed by atoms with Crippen LogP contribution in [0.25, 0.3) is 0 Å². The van der Waals surface area contributed by atoms with E-state index < -0.39 is 12.0 Å². The zero-order valence-electron chi connectivity index (χ0n) is 7.73. The Hall–Kier alpha value is -0.100. The van der Waals surface area contributed by atoms with E-state index in [1.54, 1.807) is 19.0 Å². The molecule has 0 aliphatic carbocycles. The second kappa shape index (κ2) is 5.70. The van der Waals surface area contributed by atoms with Crippen LogP contribution in [0.15, 0.2) is 15.9 Å². The largest absolute Gasteiger partial charge is 0.480 e. The molecule has 0 fully saturated rings. The van der Waals surface area contributed by atoms with Crippen LogP contribution in [0.2, 0.25) is 0 Å². The average molecular weight is 301 g/mol. The number of carboxylic acids is 1. The number of halogens is 2. The molecule has 0 saturated carbocycles. The summed E-state index contributed by atoms with van der Waals surface area (Å²) in [6.45, 7) is 0. The van der Waals surface area contributed by atoms with E-state index >= 15 is 0 Å². The Balaban J connectivity index is 0.00000169. The number of nitrogens with zero attached hydrogens (tertiary/aromatic N) is 1. The highest BCUT2D eigenvalue weighted by molar-refractivity contribution is 9.10. The SMILES string of the molecule is CN(C)C(C(=O)O)c1cc(Br)cs1.Cl. The predicted molar refractivity (Wildman–Crippen MR) is 63.3 cm³/mol. The van der Waals surface area contributed by atoms with Crippen molar-refractivity contribution in [3.63, 3.8) is 0 Å². The lowest BCUT2D eigenvalue weighted by Gasteiger charge is -2.18. The lowest BCUT2D eigenvalue weighted by atomic mass is 10.2. The Labute approximate surface area is 101 Å². The van der Waals surface area contributed by atoms with E-state index in [0.717, 1.165) is 9.35 Å². The first kappa shape index (κ1) is 13.9. The molecule has 1 rings (SSSR count). The van der Waals surface area contributed by atoms with Gasteiger partial charge in [-0.15, -0.1) is 23.7 Å². The molecule has 0 aliphatic heterocycles. The quantitative estimate of drug-likeness (QED) is 0.933. The van der Waals surface area contributed by atoms with Gasteiger partial charge in [0.05, 0.1) is 0 Å². The molecule has 1 heterocycles. The summed E-state index contributed by atoms with van der Waals surface area (Å²) in [5.74, 6) is -0.820. The zero-order valence-corrected chi connectivity index (χ0v) is 10.9. The first-order valence-electron chi connectivity index (χ1n) is 3.65. The normalized spacial score (nSPS) is 12.3. The summed E-state index contributed by atoms with van der Waals surface area (Å²) in [5.41, 5.74) is 0. The van der Waals surface area contributed by atoms with Crippen molar-refractivity contribution >= 4 is 45.6 Å². The Kier molecular flexibility index (Phi) is 5.66. The zero-order chi connectivity index (χ0) is 10.0. The van der Waals surface area contributed by atoms with E-state index in [4.69, 9.17) is 5.11 Å². The van der Waals surface area contributed by atoms with Gasteiger partial charge in [0.15, 0.2) is 0 Å². The molecule has 14 heavy (non-hydrogen) atoms. The molecule has 1 unspecified atom stereocenters. The van der Waals surface area contributed by atoms with Gasteiger partial charge in [0, 0.05) is 14.7 Å². The summed E-state index contributed by atoms with van der Waals surface area (Å²) in [5, 5.41) is 10.8. The van der Waals surface area contributed by atoms with Crippen LogP contribution in [0.1, 0.15) is 10.9 Å². The molecule has 0 amide bonds. The highest BCUT2D eigenvalue weighted by Crippen LogP contribution is 2.28. The second-order valence-electron chi connectivity index (χ2n) is 2.87. The summed E-state index contributed by atoms with van der Waals surface area (Å²) in [6, 6.07) is 1.29. The van der Waals surface area contributed by atoms with Crippen molar-refractivity contribution in [2.24, 2.45) is 0 Å². The Bertz CT molecular complexity index is 316. The summed E-state index contributed by atoms with van der Waals surface area (Å²) in [7, 11) is 3.51. The molecule has 0 spiro atoms. The van der Waals surface area contributed by atoms with Gasteiger partial charge in [-0.25, -0.2) is 0 Å². The third-order valence-electron chi connectivity index (χ3n) is 1.61. The van der Waals surface area contributed by atoms with Crippen LogP contribution >= 0.6 is 39.7 Å². The van der Waals surface area contributed by atoms with Crippen molar-refractivity contribution in [2.75, 3.05) is 14.1 Å². The summed E-state index contributed by atoms with van der Waals surface area (Å²) >= 11 is 4.74. The Morgan fingerprint density at radius 3 is 2.50 bits per heavy atom. The minimum atomic E-state index is -0.820. The molecule has 0 radical (unpaired) electrons. The van der Waals surface area contributed by atoms with Gasteiger partial charge < -0.3 is 5.11 Å². The van der Waals surface area contributed by atoms with Gasteiger partial charge in [-0.1, -0.05) is 0 Å². The summed E-state index contributed by atoms with van der Waals surface area (Å²) in [6.07, 6.45) is 0. The topological polar surface area (TPSA) is 40.5 Å². The molecule has 1 aromatic rings. The van der Waals surface area contributed by atoms with Crippen molar-refractivity contribution < 1.29 is 9.90 Å². The van der Waals surface area contributed by atoms with Gasteiger partial charge in [0.1, 0.15) is 6.04 Å². The van der Waals surface area contributed by atoms with Gasteiger partial charge in [-0.3, -0.25) is 9.69 Å². The van der Waals surface area contributed by atoms with Crippen LogP contribution in [-0.2, 0) is 4.79 Å². The number of thiophene rings is 1. The highest BCUT2D eigenvalue weighted by Gasteiger charge is 2.23. The molecule has 6 heteroatoms. The number of rotatable bonds is 3. The van der Waals surface area contributed by atoms with E-state index in [-0.39, 0.29) is 12.4 Å². The highest BCUT2D eigenvalue weighted by atomic mass is 79.9. The second-order valence-corrected chi connectivity index (χ2v) is 4.73. The molecule has 3 nitrogen and oxygen atoms in total. The first-order valence-corrected chi connectivity index (χ1v) is 5.33. The van der Waals surface area contributed by atoms with E-state index in [1.165, 1.54) is 11.3 Å². The van der Waals surface area contributed by atoms with Crippen molar-refractivity contribution in [2.45, 2.75) is 6.04 Å². The number of carbonyl (C=O) groups is 1. The van der Waals surface area contributed by atoms with Gasteiger partial charge in [-0.05, 0) is 36.1 Å². The molecule has 1 atom stereocenters. The number of aliphatic carboxylic acids is 1. The lowest BCUT2D eigenvalue weighted by Crippen LogP contribution is -2.26. The van der Waals surface area contributed by atoms with Gasteiger partial charge in [0.25, 0.3) is 0 Å². The first-order chi connectivity index (χ1) is 6.02. The van der Waals surface area contributed by atoms with E-state index in [9.17, 15) is 4.79 Å². The maximum absolute atomic E-state index is 10.9. The molecule has 1 N–H and O–H groups in total. The van der Waals surface area contributed by atoms with Crippen LogP contribution in [-0.4, -0.2) is 30.1 Å². The van der Waals surface area contributed by atoms with E-state index in [0.29, 0.717) is 0 Å². The van der Waals surface area contributed by atoms with Crippen LogP contribution in [0, 0.1) is 0 Å². The van der Waals surface area contributed by atoms with Crippen molar-refractivity contribution in [3.8, 4) is 0 Å². The molecule has 0 saturated heterocycles. The summed E-state index contributed by atoms with van der Waals surface area (Å²) < 4.78 is 0.931. The molecular formula is C8H11BrClNO2S. The van der Waals surface area contributed by atoms with Crippen LogP contribution in [0.5, 0.6) is 0 Å². The van der Waals surface area contributed by atoms with Crippen LogP contribution < -0.4 is 0 Å². The Morgan fingerprint density at radius 1 is 1.64 bits per heavy atom. The van der Waals surface area contributed by atoms with Gasteiger partial charge in [-0.2, -0.15) is 0 Å². The molecule has 0 aliphatic rings. The van der Waals surface area contributed by atoms with Crippen molar-refractivity contribution in [1.82, 2.24) is 4.90 Å². The number of carboxylic acid groups (broad SMARTS) is 1. The molecular weight excluding hydrogens is 290 g/mol. The minimum absolute atomic E-state index is 0. The fraction of sp³-hybridized carbons (Fsp3) is 0.375. The minimum Gasteiger partial charge on any atom is -0.480 e. The average Bonchev–Trinajstić information content (AvgIpc) is 2.34. The number of hydrogen-bond donors (Lipinski definition) is 1. The van der Waals surface area contributed by atoms with Gasteiger partial charge >= 0.3 is 5.97 Å². The van der Waals surface area contributed by atoms with Gasteiger partial charge in [0.2, 0.25) is 0 Å². The van der Waals surface area contributed by atoms with E-state index in [2.05, 4.69) is 15.9 Å². The van der Waals surface area contributed by atoms with E-state index in [1.807, 2.05) is 11.4 Å². The smallest absolute Gasteiger partial charge is 0.326 e. The third kappa shape index (κ3) is 3.24. The molecule has 80 valence electrons. The molecule has 1 aromatic heterocycles. The Morgan fingerprint density at radius 2 is 2.21 bits per heavy atom. The fourth-order valence-corrected chi connectivity index (χ4v) is 2.70. The molecule has 0 aromatic carbocycles. The third-order valence-corrected chi connectivity index (χ3v) is 3.35. The lowest BCUT2D eigenvalue weighted by molar-refractivity contribution is -0.142. The fourth-order valence-electron chi connectivity index (χ4n) is 1.07. The maximum atomic E-state index is 10.9. The predicted octanol–water partition coefficient (Wildman–Crippen LogP) is 2.62. The summed E-state index contributed by atoms with van der Waals surface area (Å²) in [4.78, 5) is 13.4. The van der Waals surface area contributed by atoms with Crippen LogP contribution in [0.3, 0.4) is 0 Å². The number of hydrogen-bond acceptors (Lipinski definition) is 3. The molecule has 0 bridgehead atoms. The van der Waals surface area contributed by atoms with Crippen molar-refractivity contribution in [3.05, 3.63) is 20.8 Å². The monoisotopic (exact) mass is 299 g/mol.